The van der Waals surface area contributed by atoms with E-state index < -0.39 is 0 Å². The van der Waals surface area contributed by atoms with Gasteiger partial charge in [-0.25, -0.2) is 19.5 Å². The summed E-state index contributed by atoms with van der Waals surface area (Å²) in [6, 6.07) is 5.08. The molecule has 1 saturated carbocycles. The third-order valence-corrected chi connectivity index (χ3v) is 7.19. The summed E-state index contributed by atoms with van der Waals surface area (Å²) in [6.07, 6.45) is 8.26. The van der Waals surface area contributed by atoms with E-state index >= 15 is 0 Å². The van der Waals surface area contributed by atoms with E-state index in [1.807, 2.05) is 30.0 Å². The lowest BCUT2D eigenvalue weighted by molar-refractivity contribution is -0.953. The molecule has 1 aliphatic heterocycles. The number of aromatic nitrogens is 6. The van der Waals surface area contributed by atoms with E-state index in [0.29, 0.717) is 23.4 Å². The topological polar surface area (TPSA) is 72.9 Å². The summed E-state index contributed by atoms with van der Waals surface area (Å²) < 4.78 is 5.30. The number of imidazole rings is 1. The number of nitrogens with one attached hydrogen (secondary N) is 1. The Balaban J connectivity index is 1.25. The summed E-state index contributed by atoms with van der Waals surface area (Å²) in [6.45, 7) is 8.96. The maximum atomic E-state index is 4.73. The number of hydrogen-bond donors (Lipinski definition) is 1. The average molecular weight is 432 g/mol. The number of hydrogen-bond acceptors (Lipinski definition) is 5. The van der Waals surface area contributed by atoms with Crippen LogP contribution in [0.15, 0.2) is 30.7 Å². The van der Waals surface area contributed by atoms with Crippen molar-refractivity contribution in [2.75, 3.05) is 32.5 Å². The summed E-state index contributed by atoms with van der Waals surface area (Å²) in [5.74, 6) is 1.69. The Morgan fingerprint density at radius 3 is 2.62 bits per heavy atom. The SMILES string of the molecule is Cc1nc2ncc(-c3ccn4nc(NC5CC6(C5)C[N+](C)(C)C6)ncc34)cc2n1C(C)C. The number of nitrogens with zero attached hydrogens (tertiary/aromatic N) is 7. The molecule has 1 aliphatic carbocycles. The molecule has 1 spiro atoms. The minimum atomic E-state index is 0.329. The van der Waals surface area contributed by atoms with Crippen LogP contribution in [-0.2, 0) is 0 Å². The molecule has 8 heteroatoms. The molecule has 1 N–H and O–H groups in total. The van der Waals surface area contributed by atoms with Gasteiger partial charge in [0.15, 0.2) is 5.65 Å². The fraction of sp³-hybridized carbons (Fsp3) is 0.500. The fourth-order valence-electron chi connectivity index (χ4n) is 6.40. The highest BCUT2D eigenvalue weighted by atomic mass is 15.4. The van der Waals surface area contributed by atoms with Gasteiger partial charge in [-0.3, -0.25) is 0 Å². The third-order valence-electron chi connectivity index (χ3n) is 7.19. The minimum absolute atomic E-state index is 0.329. The van der Waals surface area contributed by atoms with Crippen LogP contribution in [0.2, 0.25) is 0 Å². The molecule has 166 valence electrons. The Morgan fingerprint density at radius 2 is 1.91 bits per heavy atom. The van der Waals surface area contributed by atoms with E-state index in [0.717, 1.165) is 38.1 Å². The molecule has 0 aromatic carbocycles. The van der Waals surface area contributed by atoms with Gasteiger partial charge in [-0.2, -0.15) is 0 Å². The smallest absolute Gasteiger partial charge is 0.241 e. The van der Waals surface area contributed by atoms with Gasteiger partial charge in [0.25, 0.3) is 0 Å². The van der Waals surface area contributed by atoms with Crippen LogP contribution in [0.5, 0.6) is 0 Å². The highest BCUT2D eigenvalue weighted by molar-refractivity contribution is 5.85. The predicted molar refractivity (Wildman–Crippen MR) is 126 cm³/mol. The molecule has 0 radical (unpaired) electrons. The summed E-state index contributed by atoms with van der Waals surface area (Å²) in [7, 11) is 4.63. The van der Waals surface area contributed by atoms with Crippen molar-refractivity contribution in [2.45, 2.75) is 45.7 Å². The quantitative estimate of drug-likeness (QED) is 0.499. The highest BCUT2D eigenvalue weighted by Gasteiger charge is 2.59. The highest BCUT2D eigenvalue weighted by Crippen LogP contribution is 2.51. The van der Waals surface area contributed by atoms with Gasteiger partial charge in [0.1, 0.15) is 5.82 Å². The fourth-order valence-corrected chi connectivity index (χ4v) is 6.40. The van der Waals surface area contributed by atoms with E-state index in [2.05, 4.69) is 64.9 Å². The molecule has 5 heterocycles. The molecule has 4 aromatic rings. The van der Waals surface area contributed by atoms with Crippen LogP contribution in [0, 0.1) is 12.3 Å². The second kappa shape index (κ2) is 6.51. The summed E-state index contributed by atoms with van der Waals surface area (Å²) >= 11 is 0. The summed E-state index contributed by atoms with van der Waals surface area (Å²) in [5.41, 5.74) is 5.52. The molecule has 32 heavy (non-hydrogen) atoms. The number of quaternary nitrogens is 1. The van der Waals surface area contributed by atoms with Gasteiger partial charge in [-0.1, -0.05) is 0 Å². The summed E-state index contributed by atoms with van der Waals surface area (Å²) in [4.78, 5) is 13.9. The average Bonchev–Trinajstić information content (AvgIpc) is 3.24. The molecule has 0 bridgehead atoms. The zero-order chi connectivity index (χ0) is 22.3. The van der Waals surface area contributed by atoms with Crippen molar-refractivity contribution >= 4 is 22.6 Å². The lowest BCUT2D eigenvalue weighted by Crippen LogP contribution is -2.71. The monoisotopic (exact) mass is 431 g/mol. The van der Waals surface area contributed by atoms with Crippen LogP contribution < -0.4 is 5.32 Å². The molecule has 6 rings (SSSR count). The normalized spacial score (nSPS) is 19.6. The number of rotatable bonds is 4. The van der Waals surface area contributed by atoms with Crippen LogP contribution in [-0.4, -0.2) is 66.8 Å². The molecule has 0 unspecified atom stereocenters. The second-order valence-corrected chi connectivity index (χ2v) is 10.8. The van der Waals surface area contributed by atoms with Crippen molar-refractivity contribution in [2.24, 2.45) is 5.41 Å². The number of anilines is 1. The Labute approximate surface area is 187 Å². The first-order chi connectivity index (χ1) is 15.2. The first-order valence-electron chi connectivity index (χ1n) is 11.5. The first-order valence-corrected chi connectivity index (χ1v) is 11.5. The van der Waals surface area contributed by atoms with Gasteiger partial charge < -0.3 is 14.4 Å². The Bertz CT molecular complexity index is 1330. The maximum absolute atomic E-state index is 4.73. The van der Waals surface area contributed by atoms with E-state index in [1.165, 1.54) is 25.9 Å². The number of fused-ring (bicyclic) bond motifs is 2. The van der Waals surface area contributed by atoms with Crippen LogP contribution >= 0.6 is 0 Å². The number of likely N-dealkylation sites (tertiary alicyclic amines) is 1. The molecule has 0 atom stereocenters. The standard InChI is InChI=1S/C24H31N8/c1-15(2)31-16(3)27-22-20(31)8-17(11-25-22)19-6-7-30-21(19)12-26-23(29-30)28-18-9-24(10-18)13-32(4,5)14-24/h6-8,11-12,15,18H,9-10,13-14H2,1-5H3,(H,28,29)/q+1. The predicted octanol–water partition coefficient (Wildman–Crippen LogP) is 3.68. The van der Waals surface area contributed by atoms with E-state index in [-0.39, 0.29) is 0 Å². The van der Waals surface area contributed by atoms with E-state index in [4.69, 9.17) is 5.10 Å². The van der Waals surface area contributed by atoms with Gasteiger partial charge in [-0.05, 0) is 45.7 Å². The van der Waals surface area contributed by atoms with E-state index in [1.54, 1.807) is 0 Å². The zero-order valence-electron chi connectivity index (χ0n) is 19.5. The lowest BCUT2D eigenvalue weighted by atomic mass is 9.60. The third kappa shape index (κ3) is 3.00. The van der Waals surface area contributed by atoms with Crippen LogP contribution in [0.3, 0.4) is 0 Å². The zero-order valence-corrected chi connectivity index (χ0v) is 19.5. The number of pyridine rings is 1. The van der Waals surface area contributed by atoms with Gasteiger partial charge in [-0.15, -0.1) is 5.10 Å². The first kappa shape index (κ1) is 19.7. The Kier molecular flexibility index (Phi) is 4.00. The van der Waals surface area contributed by atoms with Gasteiger partial charge in [0.05, 0.1) is 49.8 Å². The lowest BCUT2D eigenvalue weighted by Gasteiger charge is -2.60. The van der Waals surface area contributed by atoms with Crippen molar-refractivity contribution in [3.8, 4) is 11.1 Å². The molecule has 1 saturated heterocycles. The van der Waals surface area contributed by atoms with Crippen molar-refractivity contribution in [3.05, 3.63) is 36.5 Å². The molecular weight excluding hydrogens is 400 g/mol. The van der Waals surface area contributed by atoms with Gasteiger partial charge in [0, 0.05) is 35.6 Å². The van der Waals surface area contributed by atoms with Crippen molar-refractivity contribution in [3.63, 3.8) is 0 Å². The second-order valence-electron chi connectivity index (χ2n) is 10.8. The molecule has 8 nitrogen and oxygen atoms in total. The van der Waals surface area contributed by atoms with Crippen LogP contribution in [0.25, 0.3) is 27.8 Å². The molecule has 0 amide bonds. The molecule has 4 aromatic heterocycles. The maximum Gasteiger partial charge on any atom is 0.241 e. The van der Waals surface area contributed by atoms with Crippen molar-refractivity contribution in [1.29, 1.82) is 0 Å². The molecule has 2 aliphatic rings. The van der Waals surface area contributed by atoms with E-state index in [9.17, 15) is 0 Å². The Hall–Kier alpha value is -3.00. The van der Waals surface area contributed by atoms with Gasteiger partial charge >= 0.3 is 0 Å². The van der Waals surface area contributed by atoms with Crippen molar-refractivity contribution in [1.82, 2.24) is 29.1 Å². The largest absolute Gasteiger partial charge is 0.350 e. The van der Waals surface area contributed by atoms with Crippen LogP contribution in [0.4, 0.5) is 5.95 Å². The Morgan fingerprint density at radius 1 is 1.12 bits per heavy atom. The minimum Gasteiger partial charge on any atom is -0.350 e. The van der Waals surface area contributed by atoms with Crippen molar-refractivity contribution < 1.29 is 4.48 Å². The number of aryl methyl sites for hydroxylation is 1. The van der Waals surface area contributed by atoms with Crippen LogP contribution in [0.1, 0.15) is 38.6 Å². The van der Waals surface area contributed by atoms with Gasteiger partial charge in [0.2, 0.25) is 5.95 Å². The molecule has 2 fully saturated rings. The summed E-state index contributed by atoms with van der Waals surface area (Å²) in [5, 5.41) is 8.27. The molecular formula is C24H31N8+.